The average molecular weight is 243 g/mol. The van der Waals surface area contributed by atoms with Crippen LogP contribution in [0.15, 0.2) is 16.7 Å². The van der Waals surface area contributed by atoms with Gasteiger partial charge in [-0.05, 0) is 34.8 Å². The van der Waals surface area contributed by atoms with Crippen molar-refractivity contribution in [2.45, 2.75) is 26.8 Å². The summed E-state index contributed by atoms with van der Waals surface area (Å²) in [6.45, 7) is 6.18. The number of hydrogen-bond donors (Lipinski definition) is 1. The minimum atomic E-state index is 0.0578. The van der Waals surface area contributed by atoms with Crippen LogP contribution in [0, 0.1) is 12.8 Å². The molecule has 0 aliphatic heterocycles. The molecule has 1 rings (SSSR count). The van der Waals surface area contributed by atoms with Crippen LogP contribution in [0.1, 0.15) is 31.1 Å². The van der Waals surface area contributed by atoms with Crippen molar-refractivity contribution in [2.75, 3.05) is 0 Å². The zero-order valence-electron chi connectivity index (χ0n) is 8.21. The minimum Gasteiger partial charge on any atom is -0.324 e. The first kappa shape index (κ1) is 10.7. The second-order valence-corrected chi connectivity index (χ2v) is 4.35. The lowest BCUT2D eigenvalue weighted by atomic mass is 9.98. The number of nitrogens with zero attached hydrogens (tertiary/aromatic N) is 1. The van der Waals surface area contributed by atoms with Gasteiger partial charge in [0.05, 0.1) is 0 Å². The Labute approximate surface area is 87.7 Å². The van der Waals surface area contributed by atoms with E-state index in [0.29, 0.717) is 5.92 Å². The van der Waals surface area contributed by atoms with Crippen molar-refractivity contribution in [1.29, 1.82) is 0 Å². The zero-order chi connectivity index (χ0) is 10.0. The molecular formula is C10H15BrN2. The van der Waals surface area contributed by atoms with Crippen LogP contribution in [0.3, 0.4) is 0 Å². The Balaban J connectivity index is 3.01. The Kier molecular flexibility index (Phi) is 3.45. The van der Waals surface area contributed by atoms with Crippen molar-refractivity contribution in [2.24, 2.45) is 11.7 Å². The van der Waals surface area contributed by atoms with Gasteiger partial charge in [-0.1, -0.05) is 19.9 Å². The summed E-state index contributed by atoms with van der Waals surface area (Å²) in [4.78, 5) is 4.31. The molecule has 72 valence electrons. The molecule has 2 nitrogen and oxygen atoms in total. The number of halogens is 1. The van der Waals surface area contributed by atoms with E-state index in [2.05, 4.69) is 34.8 Å². The summed E-state index contributed by atoms with van der Waals surface area (Å²) in [6, 6.07) is 4.09. The van der Waals surface area contributed by atoms with Gasteiger partial charge >= 0.3 is 0 Å². The van der Waals surface area contributed by atoms with Crippen LogP contribution in [-0.4, -0.2) is 4.98 Å². The van der Waals surface area contributed by atoms with Crippen LogP contribution in [-0.2, 0) is 0 Å². The molecule has 0 unspecified atom stereocenters. The van der Waals surface area contributed by atoms with Crippen LogP contribution in [0.5, 0.6) is 0 Å². The summed E-state index contributed by atoms with van der Waals surface area (Å²) in [5.74, 6) is 0.431. The third-order valence-electron chi connectivity index (χ3n) is 2.09. The Morgan fingerprint density at radius 1 is 1.38 bits per heavy atom. The third kappa shape index (κ3) is 2.51. The van der Waals surface area contributed by atoms with Crippen molar-refractivity contribution in [1.82, 2.24) is 4.98 Å². The quantitative estimate of drug-likeness (QED) is 0.811. The molecule has 0 saturated carbocycles. The van der Waals surface area contributed by atoms with Crippen molar-refractivity contribution >= 4 is 15.9 Å². The van der Waals surface area contributed by atoms with E-state index in [9.17, 15) is 0 Å². The lowest BCUT2D eigenvalue weighted by Gasteiger charge is -2.17. The molecule has 2 N–H and O–H groups in total. The molecule has 3 heteroatoms. The van der Waals surface area contributed by atoms with Crippen LogP contribution in [0.2, 0.25) is 0 Å². The fraction of sp³-hybridized carbons (Fsp3) is 0.500. The predicted octanol–water partition coefficient (Wildman–Crippen LogP) is 2.81. The molecule has 1 heterocycles. The summed E-state index contributed by atoms with van der Waals surface area (Å²) in [5.41, 5.74) is 8.11. The van der Waals surface area contributed by atoms with Crippen LogP contribution < -0.4 is 5.73 Å². The fourth-order valence-corrected chi connectivity index (χ4v) is 1.82. The topological polar surface area (TPSA) is 38.9 Å². The largest absolute Gasteiger partial charge is 0.324 e. The second-order valence-electron chi connectivity index (χ2n) is 3.60. The summed E-state index contributed by atoms with van der Waals surface area (Å²) in [7, 11) is 0. The first-order valence-electron chi connectivity index (χ1n) is 4.41. The van der Waals surface area contributed by atoms with Gasteiger partial charge in [-0.2, -0.15) is 0 Å². The van der Waals surface area contributed by atoms with Gasteiger partial charge in [-0.3, -0.25) is 0 Å². The van der Waals surface area contributed by atoms with Gasteiger partial charge in [0, 0.05) is 17.3 Å². The monoisotopic (exact) mass is 242 g/mol. The molecule has 0 aliphatic rings. The Bertz CT molecular complexity index is 297. The maximum Gasteiger partial charge on any atom is 0.111 e. The third-order valence-corrected chi connectivity index (χ3v) is 2.73. The van der Waals surface area contributed by atoms with Crippen molar-refractivity contribution < 1.29 is 0 Å². The molecule has 0 amide bonds. The Morgan fingerprint density at radius 3 is 2.46 bits per heavy atom. The maximum atomic E-state index is 6.02. The van der Waals surface area contributed by atoms with Gasteiger partial charge in [0.1, 0.15) is 4.60 Å². The van der Waals surface area contributed by atoms with Crippen LogP contribution >= 0.6 is 15.9 Å². The van der Waals surface area contributed by atoms with Gasteiger partial charge in [-0.25, -0.2) is 4.98 Å². The number of rotatable bonds is 2. The molecular weight excluding hydrogens is 228 g/mol. The van der Waals surface area contributed by atoms with Gasteiger partial charge in [-0.15, -0.1) is 0 Å². The highest BCUT2D eigenvalue weighted by Gasteiger charge is 2.13. The lowest BCUT2D eigenvalue weighted by Crippen LogP contribution is -2.17. The normalized spacial score (nSPS) is 13.4. The van der Waals surface area contributed by atoms with E-state index in [1.54, 1.807) is 0 Å². The molecule has 0 bridgehead atoms. The van der Waals surface area contributed by atoms with Crippen LogP contribution in [0.4, 0.5) is 0 Å². The van der Waals surface area contributed by atoms with E-state index >= 15 is 0 Å². The lowest BCUT2D eigenvalue weighted by molar-refractivity contribution is 0.510. The van der Waals surface area contributed by atoms with Gasteiger partial charge in [0.2, 0.25) is 0 Å². The van der Waals surface area contributed by atoms with Crippen molar-refractivity contribution in [3.63, 3.8) is 0 Å². The number of aromatic nitrogens is 1. The average Bonchev–Trinajstić information content (AvgIpc) is 2.03. The van der Waals surface area contributed by atoms with E-state index in [0.717, 1.165) is 15.9 Å². The first-order chi connectivity index (χ1) is 6.02. The fourth-order valence-electron chi connectivity index (χ4n) is 1.14. The molecule has 1 atom stereocenters. The highest BCUT2D eigenvalue weighted by Crippen LogP contribution is 2.25. The van der Waals surface area contributed by atoms with E-state index in [-0.39, 0.29) is 6.04 Å². The van der Waals surface area contributed by atoms with Gasteiger partial charge in [0.15, 0.2) is 0 Å². The Hall–Kier alpha value is -0.410. The molecule has 0 saturated heterocycles. The van der Waals surface area contributed by atoms with Gasteiger partial charge in [0.25, 0.3) is 0 Å². The maximum absolute atomic E-state index is 6.02. The molecule has 0 radical (unpaired) electrons. The predicted molar refractivity (Wildman–Crippen MR) is 58.4 cm³/mol. The second kappa shape index (κ2) is 4.20. The molecule has 0 fully saturated rings. The SMILES string of the molecule is Cc1ccc([C@H](N)C(C)C)c(Br)n1. The number of aryl methyl sites for hydroxylation is 1. The molecule has 1 aromatic heterocycles. The minimum absolute atomic E-state index is 0.0578. The summed E-state index contributed by atoms with van der Waals surface area (Å²) >= 11 is 3.42. The Morgan fingerprint density at radius 2 is 2.00 bits per heavy atom. The summed E-state index contributed by atoms with van der Waals surface area (Å²) in [5, 5.41) is 0. The molecule has 0 aromatic carbocycles. The highest BCUT2D eigenvalue weighted by atomic mass is 79.9. The first-order valence-corrected chi connectivity index (χ1v) is 5.20. The van der Waals surface area contributed by atoms with E-state index < -0.39 is 0 Å². The summed E-state index contributed by atoms with van der Waals surface area (Å²) in [6.07, 6.45) is 0. The number of pyridine rings is 1. The van der Waals surface area contributed by atoms with Gasteiger partial charge < -0.3 is 5.73 Å². The molecule has 0 aliphatic carbocycles. The number of hydrogen-bond acceptors (Lipinski definition) is 2. The smallest absolute Gasteiger partial charge is 0.111 e. The van der Waals surface area contributed by atoms with E-state index in [1.807, 2.05) is 19.1 Å². The van der Waals surface area contributed by atoms with E-state index in [1.165, 1.54) is 0 Å². The zero-order valence-corrected chi connectivity index (χ0v) is 9.80. The van der Waals surface area contributed by atoms with E-state index in [4.69, 9.17) is 5.73 Å². The molecule has 0 spiro atoms. The molecule has 13 heavy (non-hydrogen) atoms. The standard InChI is InChI=1S/C10H15BrN2/c1-6(2)9(12)8-5-4-7(3)13-10(8)11/h4-6,9H,12H2,1-3H3/t9-/m1/s1. The van der Waals surface area contributed by atoms with Crippen molar-refractivity contribution in [3.8, 4) is 0 Å². The molecule has 1 aromatic rings. The highest BCUT2D eigenvalue weighted by molar-refractivity contribution is 9.10. The summed E-state index contributed by atoms with van der Waals surface area (Å²) < 4.78 is 0.869. The number of nitrogens with two attached hydrogens (primary N) is 1. The van der Waals surface area contributed by atoms with Crippen molar-refractivity contribution in [3.05, 3.63) is 28.0 Å². The van der Waals surface area contributed by atoms with Crippen LogP contribution in [0.25, 0.3) is 0 Å².